The Morgan fingerprint density at radius 3 is 2.63 bits per heavy atom. The van der Waals surface area contributed by atoms with Gasteiger partial charge < -0.3 is 15.3 Å². The van der Waals surface area contributed by atoms with Crippen LogP contribution in [0.25, 0.3) is 0 Å². The first kappa shape index (κ1) is 24.3. The molecule has 2 heterocycles. The minimum atomic E-state index is -0.841. The Bertz CT molecular complexity index is 1060. The van der Waals surface area contributed by atoms with Crippen molar-refractivity contribution in [3.63, 3.8) is 0 Å². The highest BCUT2D eigenvalue weighted by Crippen LogP contribution is 2.49. The predicted octanol–water partition coefficient (Wildman–Crippen LogP) is 3.41. The van der Waals surface area contributed by atoms with Crippen LogP contribution in [0.15, 0.2) is 48.1 Å². The molecular formula is C29H39N3O3. The van der Waals surface area contributed by atoms with Gasteiger partial charge in [0.05, 0.1) is 17.6 Å². The Kier molecular flexibility index (Phi) is 6.39. The van der Waals surface area contributed by atoms with E-state index in [0.29, 0.717) is 11.8 Å². The molecule has 0 spiro atoms. The fourth-order valence-electron chi connectivity index (χ4n) is 7.30. The van der Waals surface area contributed by atoms with Gasteiger partial charge in [0.15, 0.2) is 0 Å². The first-order chi connectivity index (χ1) is 16.8. The van der Waals surface area contributed by atoms with Crippen molar-refractivity contribution in [2.24, 2.45) is 17.8 Å². The minimum Gasteiger partial charge on any atom is -0.391 e. The van der Waals surface area contributed by atoms with Crippen molar-refractivity contribution in [3.05, 3.63) is 53.6 Å². The van der Waals surface area contributed by atoms with Gasteiger partial charge in [-0.05, 0) is 61.1 Å². The predicted molar refractivity (Wildman–Crippen MR) is 138 cm³/mol. The standard InChI is InChI=1S/C29H39N3O3/c1-5-19-9-8-10-21-25(19)18(2)27(34)26(21)31-15-13-20(14-16-31)32-23-12-7-6-11-22(23)29(3,28(32)35)17-24(33)30-4/h6-12,18-20,25-27,34H,5,13-17H2,1-4H3,(H,30,33)/t18?,19?,25?,26?,27-,29?/m0/s1. The maximum atomic E-state index is 13.8. The van der Waals surface area contributed by atoms with Crippen LogP contribution in [0.5, 0.6) is 0 Å². The van der Waals surface area contributed by atoms with Crippen LogP contribution in [0.1, 0.15) is 52.0 Å². The fraction of sp³-hybridized carbons (Fsp3) is 0.586. The Balaban J connectivity index is 1.35. The number of fused-ring (bicyclic) bond motifs is 2. The highest BCUT2D eigenvalue weighted by molar-refractivity contribution is 6.10. The van der Waals surface area contributed by atoms with E-state index in [1.165, 1.54) is 5.57 Å². The molecular weight excluding hydrogens is 438 g/mol. The van der Waals surface area contributed by atoms with Crippen molar-refractivity contribution in [2.75, 3.05) is 25.0 Å². The van der Waals surface area contributed by atoms with E-state index in [0.717, 1.165) is 43.6 Å². The summed E-state index contributed by atoms with van der Waals surface area (Å²) in [6, 6.07) is 8.11. The van der Waals surface area contributed by atoms with Crippen LogP contribution in [0.4, 0.5) is 5.69 Å². The zero-order valence-electron chi connectivity index (χ0n) is 21.4. The van der Waals surface area contributed by atoms with Gasteiger partial charge in [0.25, 0.3) is 0 Å². The van der Waals surface area contributed by atoms with E-state index in [1.54, 1.807) is 7.05 Å². The monoisotopic (exact) mass is 477 g/mol. The molecule has 2 amide bonds. The number of allylic oxidation sites excluding steroid dienone is 3. The topological polar surface area (TPSA) is 72.9 Å². The third kappa shape index (κ3) is 3.77. The van der Waals surface area contributed by atoms with Gasteiger partial charge in [0.1, 0.15) is 0 Å². The van der Waals surface area contributed by atoms with E-state index in [-0.39, 0.29) is 42.3 Å². The second kappa shape index (κ2) is 9.21. The molecule has 1 saturated heterocycles. The summed E-state index contributed by atoms with van der Waals surface area (Å²) in [4.78, 5) is 30.5. The Labute approximate surface area is 209 Å². The fourth-order valence-corrected chi connectivity index (χ4v) is 7.30. The average molecular weight is 478 g/mol. The summed E-state index contributed by atoms with van der Waals surface area (Å²) in [7, 11) is 1.62. The van der Waals surface area contributed by atoms with Crippen molar-refractivity contribution in [1.82, 2.24) is 10.2 Å². The summed E-state index contributed by atoms with van der Waals surface area (Å²) in [6.07, 6.45) is 9.33. The number of nitrogens with zero attached hydrogens (tertiary/aromatic N) is 2. The molecule has 0 radical (unpaired) electrons. The van der Waals surface area contributed by atoms with Crippen LogP contribution in [0, 0.1) is 17.8 Å². The second-order valence-corrected chi connectivity index (χ2v) is 11.1. The molecule has 0 aromatic heterocycles. The van der Waals surface area contributed by atoms with Crippen LogP contribution in [0.2, 0.25) is 0 Å². The number of aliphatic hydroxyl groups is 1. The molecule has 6 nitrogen and oxygen atoms in total. The molecule has 5 rings (SSSR count). The van der Waals surface area contributed by atoms with Crippen molar-refractivity contribution in [3.8, 4) is 0 Å². The summed E-state index contributed by atoms with van der Waals surface area (Å²) < 4.78 is 0. The SMILES string of the molecule is CCC1C=CC=C2C1C(C)[C@H](O)C2N1CCC(N2C(=O)C(C)(CC(=O)NC)c3ccccc32)CC1. The lowest BCUT2D eigenvalue weighted by Gasteiger charge is -2.41. The van der Waals surface area contributed by atoms with Crippen LogP contribution < -0.4 is 10.2 Å². The minimum absolute atomic E-state index is 0.0289. The number of amides is 2. The summed E-state index contributed by atoms with van der Waals surface area (Å²) >= 11 is 0. The molecule has 35 heavy (non-hydrogen) atoms. The maximum absolute atomic E-state index is 13.8. The van der Waals surface area contributed by atoms with E-state index in [9.17, 15) is 14.7 Å². The van der Waals surface area contributed by atoms with Gasteiger partial charge in [-0.1, -0.05) is 50.3 Å². The molecule has 5 unspecified atom stereocenters. The van der Waals surface area contributed by atoms with E-state index in [2.05, 4.69) is 42.3 Å². The molecule has 2 aliphatic carbocycles. The smallest absolute Gasteiger partial charge is 0.238 e. The third-order valence-electron chi connectivity index (χ3n) is 9.23. The van der Waals surface area contributed by atoms with Crippen LogP contribution in [0.3, 0.4) is 0 Å². The lowest BCUT2D eigenvalue weighted by Crippen LogP contribution is -2.53. The number of piperidine rings is 1. The molecule has 2 N–H and O–H groups in total. The molecule has 1 aromatic carbocycles. The van der Waals surface area contributed by atoms with Gasteiger partial charge >= 0.3 is 0 Å². The van der Waals surface area contributed by atoms with Gasteiger partial charge in [-0.2, -0.15) is 0 Å². The Hall–Kier alpha value is -2.44. The number of benzene rings is 1. The summed E-state index contributed by atoms with van der Waals surface area (Å²) in [5.41, 5.74) is 2.44. The number of rotatable bonds is 5. The van der Waals surface area contributed by atoms with Crippen molar-refractivity contribution in [1.29, 1.82) is 0 Å². The van der Waals surface area contributed by atoms with Gasteiger partial charge in [-0.25, -0.2) is 0 Å². The number of nitrogens with one attached hydrogen (secondary N) is 1. The van der Waals surface area contributed by atoms with E-state index in [4.69, 9.17) is 0 Å². The normalized spacial score (nSPS) is 35.1. The number of para-hydroxylation sites is 1. The number of carbonyl (C=O) groups is 2. The number of hydrogen-bond donors (Lipinski definition) is 2. The molecule has 6 atom stereocenters. The van der Waals surface area contributed by atoms with Gasteiger partial charge in [-0.15, -0.1) is 0 Å². The van der Waals surface area contributed by atoms with Crippen molar-refractivity contribution < 1.29 is 14.7 Å². The first-order valence-electron chi connectivity index (χ1n) is 13.3. The molecule has 0 bridgehead atoms. The quantitative estimate of drug-likeness (QED) is 0.682. The molecule has 2 fully saturated rings. The lowest BCUT2D eigenvalue weighted by atomic mass is 9.78. The molecule has 188 valence electrons. The highest BCUT2D eigenvalue weighted by atomic mass is 16.3. The van der Waals surface area contributed by atoms with Crippen LogP contribution in [-0.4, -0.2) is 60.1 Å². The number of aliphatic hydroxyl groups excluding tert-OH is 1. The number of anilines is 1. The second-order valence-electron chi connectivity index (χ2n) is 11.1. The van der Waals surface area contributed by atoms with Crippen molar-refractivity contribution >= 4 is 17.5 Å². The zero-order chi connectivity index (χ0) is 24.9. The number of hydrogen-bond acceptors (Lipinski definition) is 4. The summed E-state index contributed by atoms with van der Waals surface area (Å²) in [5.74, 6) is 1.07. The molecule has 6 heteroatoms. The largest absolute Gasteiger partial charge is 0.391 e. The highest BCUT2D eigenvalue weighted by Gasteiger charge is 2.52. The van der Waals surface area contributed by atoms with Gasteiger partial charge in [0.2, 0.25) is 11.8 Å². The lowest BCUT2D eigenvalue weighted by molar-refractivity contribution is -0.129. The van der Waals surface area contributed by atoms with Crippen LogP contribution in [-0.2, 0) is 15.0 Å². The Morgan fingerprint density at radius 2 is 1.94 bits per heavy atom. The first-order valence-corrected chi connectivity index (χ1v) is 13.3. The van der Waals surface area contributed by atoms with Gasteiger partial charge in [0, 0.05) is 38.3 Å². The average Bonchev–Trinajstić information content (AvgIpc) is 3.26. The summed E-state index contributed by atoms with van der Waals surface area (Å²) in [6.45, 7) is 8.04. The van der Waals surface area contributed by atoms with E-state index >= 15 is 0 Å². The Morgan fingerprint density at radius 1 is 1.23 bits per heavy atom. The molecule has 4 aliphatic rings. The number of carbonyl (C=O) groups excluding carboxylic acids is 2. The zero-order valence-corrected chi connectivity index (χ0v) is 21.4. The molecule has 2 aliphatic heterocycles. The van der Waals surface area contributed by atoms with Gasteiger partial charge in [-0.3, -0.25) is 14.5 Å². The third-order valence-corrected chi connectivity index (χ3v) is 9.23. The van der Waals surface area contributed by atoms with Crippen molar-refractivity contribution in [2.45, 2.75) is 70.1 Å². The summed E-state index contributed by atoms with van der Waals surface area (Å²) in [5, 5.41) is 14.0. The van der Waals surface area contributed by atoms with Crippen LogP contribution >= 0.6 is 0 Å². The maximum Gasteiger partial charge on any atom is 0.238 e. The van der Waals surface area contributed by atoms with E-state index in [1.807, 2.05) is 36.1 Å². The van der Waals surface area contributed by atoms with E-state index < -0.39 is 5.41 Å². The molecule has 1 saturated carbocycles. The molecule has 1 aromatic rings. The number of likely N-dealkylation sites (tertiary alicyclic amines) is 1.